The van der Waals surface area contributed by atoms with Crippen LogP contribution in [0.2, 0.25) is 0 Å². The largest absolute Gasteiger partial charge is 0.472 e. The van der Waals surface area contributed by atoms with Gasteiger partial charge in [-0.25, -0.2) is 9.13 Å². The number of aliphatic hydroxyl groups is 1. The summed E-state index contributed by atoms with van der Waals surface area (Å²) in [5.41, 5.74) is 0. The van der Waals surface area contributed by atoms with Crippen molar-refractivity contribution in [3.05, 3.63) is 0 Å². The Bertz CT molecular complexity index is 1850. The van der Waals surface area contributed by atoms with Gasteiger partial charge in [0.25, 0.3) is 0 Å². The third-order valence-electron chi connectivity index (χ3n) is 18.0. The maximum atomic E-state index is 13.1. The molecule has 0 aliphatic heterocycles. The van der Waals surface area contributed by atoms with Gasteiger partial charge in [0, 0.05) is 25.7 Å². The van der Waals surface area contributed by atoms with Crippen LogP contribution in [-0.4, -0.2) is 96.7 Å². The summed E-state index contributed by atoms with van der Waals surface area (Å²) in [7, 11) is -9.91. The van der Waals surface area contributed by atoms with Gasteiger partial charge < -0.3 is 33.8 Å². The van der Waals surface area contributed by atoms with E-state index in [1.807, 2.05) is 0 Å². The van der Waals surface area contributed by atoms with Crippen LogP contribution in [0.25, 0.3) is 0 Å². The van der Waals surface area contributed by atoms with Crippen molar-refractivity contribution in [2.24, 2.45) is 17.8 Å². The van der Waals surface area contributed by atoms with E-state index in [-0.39, 0.29) is 25.7 Å². The summed E-state index contributed by atoms with van der Waals surface area (Å²) in [6, 6.07) is 0. The van der Waals surface area contributed by atoms with Crippen molar-refractivity contribution in [1.29, 1.82) is 0 Å². The second-order valence-electron chi connectivity index (χ2n) is 28.6. The van der Waals surface area contributed by atoms with Crippen molar-refractivity contribution in [2.75, 3.05) is 39.6 Å². The smallest absolute Gasteiger partial charge is 0.462 e. The number of unbranched alkanes of at least 4 members (excludes halogenated alkanes) is 41. The van der Waals surface area contributed by atoms with E-state index < -0.39 is 97.5 Å². The molecule has 95 heavy (non-hydrogen) atoms. The molecular formula is C76H148O17P2. The molecule has 0 aliphatic carbocycles. The van der Waals surface area contributed by atoms with Crippen molar-refractivity contribution in [3.63, 3.8) is 0 Å². The molecule has 0 saturated heterocycles. The first kappa shape index (κ1) is 93.1. The van der Waals surface area contributed by atoms with Gasteiger partial charge in [-0.2, -0.15) is 0 Å². The first-order chi connectivity index (χ1) is 45.8. The number of phosphoric acid groups is 2. The summed E-state index contributed by atoms with van der Waals surface area (Å²) < 4.78 is 68.6. The van der Waals surface area contributed by atoms with Crippen LogP contribution in [0.5, 0.6) is 0 Å². The van der Waals surface area contributed by atoms with E-state index in [1.54, 1.807) is 0 Å². The molecule has 0 aromatic rings. The van der Waals surface area contributed by atoms with E-state index in [2.05, 4.69) is 48.5 Å². The molecule has 3 unspecified atom stereocenters. The highest BCUT2D eigenvalue weighted by molar-refractivity contribution is 7.47. The zero-order valence-electron chi connectivity index (χ0n) is 62.1. The minimum absolute atomic E-state index is 0.106. The van der Waals surface area contributed by atoms with Crippen LogP contribution < -0.4 is 0 Å². The van der Waals surface area contributed by atoms with Gasteiger partial charge in [-0.3, -0.25) is 37.3 Å². The molecule has 3 N–H and O–H groups in total. The highest BCUT2D eigenvalue weighted by Gasteiger charge is 2.30. The number of rotatable bonds is 74. The molecule has 19 heteroatoms. The monoisotopic (exact) mass is 1400 g/mol. The Hall–Kier alpha value is -1.94. The fraction of sp³-hybridized carbons (Fsp3) is 0.947. The Morgan fingerprint density at radius 2 is 0.537 bits per heavy atom. The van der Waals surface area contributed by atoms with E-state index in [0.29, 0.717) is 25.7 Å². The molecule has 0 heterocycles. The Labute approximate surface area is 581 Å². The molecule has 0 radical (unpaired) electrons. The normalized spacial score (nSPS) is 14.4. The number of hydrogen-bond acceptors (Lipinski definition) is 15. The molecule has 0 fully saturated rings. The van der Waals surface area contributed by atoms with Crippen LogP contribution in [-0.2, 0) is 65.4 Å². The number of aliphatic hydroxyl groups excluding tert-OH is 1. The standard InChI is InChI=1S/C76H148O17P2/c1-8-10-11-12-13-14-15-16-17-18-23-29-38-45-52-59-75(80)92-71(63-86-73(78)57-50-43-36-28-24-19-21-26-33-40-47-54-67(3)4)65-90-94(82,83)88-61-70(77)62-89-95(84,85)91-66-72(64-87-74(79)58-51-44-37-32-31-35-42-49-56-69(7)9-2)93-76(81)60-53-46-39-30-25-20-22-27-34-41-48-55-68(5)6/h67-72,77H,8-66H2,1-7H3,(H,82,83)(H,84,85)/t69?,70-,71-,72-/m1/s1. The summed E-state index contributed by atoms with van der Waals surface area (Å²) in [6.45, 7) is 11.9. The van der Waals surface area contributed by atoms with Gasteiger partial charge in [0.1, 0.15) is 19.3 Å². The van der Waals surface area contributed by atoms with Crippen molar-refractivity contribution in [3.8, 4) is 0 Å². The topological polar surface area (TPSA) is 237 Å². The Kier molecular flexibility index (Phi) is 65.2. The van der Waals surface area contributed by atoms with Crippen molar-refractivity contribution >= 4 is 39.5 Å². The van der Waals surface area contributed by atoms with Gasteiger partial charge in [-0.15, -0.1) is 0 Å². The lowest BCUT2D eigenvalue weighted by molar-refractivity contribution is -0.161. The lowest BCUT2D eigenvalue weighted by atomic mass is 9.99. The van der Waals surface area contributed by atoms with Gasteiger partial charge in [0.15, 0.2) is 12.2 Å². The Balaban J connectivity index is 5.28. The van der Waals surface area contributed by atoms with Crippen LogP contribution >= 0.6 is 15.6 Å². The molecule has 0 aliphatic rings. The van der Waals surface area contributed by atoms with Crippen molar-refractivity contribution in [2.45, 2.75) is 407 Å². The first-order valence-electron chi connectivity index (χ1n) is 39.4. The molecule has 0 spiro atoms. The highest BCUT2D eigenvalue weighted by Crippen LogP contribution is 2.45. The van der Waals surface area contributed by atoms with E-state index in [4.69, 9.17) is 37.0 Å². The molecule has 0 rings (SSSR count). The van der Waals surface area contributed by atoms with E-state index in [1.165, 1.54) is 199 Å². The zero-order valence-corrected chi connectivity index (χ0v) is 63.9. The van der Waals surface area contributed by atoms with Gasteiger partial charge in [0.2, 0.25) is 0 Å². The molecule has 17 nitrogen and oxygen atoms in total. The summed E-state index contributed by atoms with van der Waals surface area (Å²) in [5, 5.41) is 10.6. The van der Waals surface area contributed by atoms with E-state index in [0.717, 1.165) is 108 Å². The Morgan fingerprint density at radius 3 is 0.800 bits per heavy atom. The van der Waals surface area contributed by atoms with E-state index in [9.17, 15) is 43.2 Å². The molecule has 0 aromatic heterocycles. The number of carbonyl (C=O) groups excluding carboxylic acids is 4. The molecule has 0 saturated carbocycles. The van der Waals surface area contributed by atoms with Gasteiger partial charge in [-0.05, 0) is 43.4 Å². The maximum absolute atomic E-state index is 13.1. The summed E-state index contributed by atoms with van der Waals surface area (Å²) in [5.74, 6) is 0.198. The molecule has 564 valence electrons. The first-order valence-corrected chi connectivity index (χ1v) is 42.4. The molecule has 0 amide bonds. The minimum Gasteiger partial charge on any atom is -0.462 e. The lowest BCUT2D eigenvalue weighted by Crippen LogP contribution is -2.30. The molecular weight excluding hydrogens is 1250 g/mol. The fourth-order valence-corrected chi connectivity index (χ4v) is 13.1. The number of ether oxygens (including phenoxy) is 4. The molecule has 0 aromatic carbocycles. The van der Waals surface area contributed by atoms with Crippen LogP contribution in [0.1, 0.15) is 389 Å². The number of carbonyl (C=O) groups is 4. The third kappa shape index (κ3) is 69.0. The van der Waals surface area contributed by atoms with Crippen LogP contribution in [0, 0.1) is 17.8 Å². The SMILES string of the molecule is CCCCCCCCCCCCCCCCCC(=O)O[C@H](COC(=O)CCCCCCCCCCCCCC(C)C)COP(=O)(O)OC[C@@H](O)COP(=O)(O)OC[C@@H](COC(=O)CCCCCCCCCCC(C)CC)OC(=O)CCCCCCCCCCCCCC(C)C. The number of esters is 4. The lowest BCUT2D eigenvalue weighted by Gasteiger charge is -2.21. The number of hydrogen-bond donors (Lipinski definition) is 3. The maximum Gasteiger partial charge on any atom is 0.472 e. The summed E-state index contributed by atoms with van der Waals surface area (Å²) in [4.78, 5) is 72.9. The minimum atomic E-state index is -4.96. The molecule has 6 atom stereocenters. The fourth-order valence-electron chi connectivity index (χ4n) is 11.6. The second-order valence-corrected chi connectivity index (χ2v) is 31.5. The number of phosphoric ester groups is 2. The quantitative estimate of drug-likeness (QED) is 0.0222. The van der Waals surface area contributed by atoms with Crippen molar-refractivity contribution < 1.29 is 80.2 Å². The van der Waals surface area contributed by atoms with Gasteiger partial charge in [0.05, 0.1) is 26.4 Å². The van der Waals surface area contributed by atoms with Crippen molar-refractivity contribution in [1.82, 2.24) is 0 Å². The summed E-state index contributed by atoms with van der Waals surface area (Å²) >= 11 is 0. The summed E-state index contributed by atoms with van der Waals surface area (Å²) in [6.07, 6.45) is 52.5. The highest BCUT2D eigenvalue weighted by atomic mass is 31.2. The predicted octanol–water partition coefficient (Wildman–Crippen LogP) is 22.2. The van der Waals surface area contributed by atoms with Crippen LogP contribution in [0.4, 0.5) is 0 Å². The third-order valence-corrected chi connectivity index (χ3v) is 19.9. The molecule has 0 bridgehead atoms. The van der Waals surface area contributed by atoms with Crippen LogP contribution in [0.3, 0.4) is 0 Å². The van der Waals surface area contributed by atoms with E-state index >= 15 is 0 Å². The zero-order chi connectivity index (χ0) is 70.1. The van der Waals surface area contributed by atoms with Gasteiger partial charge >= 0.3 is 39.5 Å². The van der Waals surface area contributed by atoms with Gasteiger partial charge in [-0.1, -0.05) is 337 Å². The Morgan fingerprint density at radius 1 is 0.305 bits per heavy atom. The predicted molar refractivity (Wildman–Crippen MR) is 386 cm³/mol. The average Bonchev–Trinajstić information content (AvgIpc) is 1.76. The van der Waals surface area contributed by atoms with Crippen LogP contribution in [0.15, 0.2) is 0 Å². The average molecular weight is 1400 g/mol. The second kappa shape index (κ2) is 66.6.